The van der Waals surface area contributed by atoms with Gasteiger partial charge in [0.2, 0.25) is 0 Å². The van der Waals surface area contributed by atoms with Crippen LogP contribution in [0.5, 0.6) is 0 Å². The molecule has 0 unspecified atom stereocenters. The van der Waals surface area contributed by atoms with Gasteiger partial charge in [-0.3, -0.25) is 4.79 Å². The SMILES string of the molecule is Cc1c(C(=O)O)cnn1-c1ccc(C(=O)NC2CC(Cc3ccccc3)C2)cc1. The molecule has 0 aliphatic heterocycles. The van der Waals surface area contributed by atoms with Crippen LogP contribution in [-0.2, 0) is 6.42 Å². The third-order valence-electron chi connectivity index (χ3n) is 5.55. The molecule has 6 nitrogen and oxygen atoms in total. The van der Waals surface area contributed by atoms with Gasteiger partial charge in [-0.25, -0.2) is 9.48 Å². The van der Waals surface area contributed by atoms with Gasteiger partial charge in [0, 0.05) is 11.6 Å². The van der Waals surface area contributed by atoms with Crippen LogP contribution in [0.3, 0.4) is 0 Å². The van der Waals surface area contributed by atoms with E-state index in [0.717, 1.165) is 24.9 Å². The van der Waals surface area contributed by atoms with E-state index in [1.165, 1.54) is 11.8 Å². The fourth-order valence-corrected chi connectivity index (χ4v) is 3.87. The van der Waals surface area contributed by atoms with E-state index in [0.29, 0.717) is 17.2 Å². The molecule has 2 N–H and O–H groups in total. The second-order valence-electron chi connectivity index (χ2n) is 7.61. The molecule has 1 aromatic heterocycles. The van der Waals surface area contributed by atoms with E-state index in [4.69, 9.17) is 5.11 Å². The van der Waals surface area contributed by atoms with Crippen molar-refractivity contribution in [3.05, 3.63) is 83.2 Å². The van der Waals surface area contributed by atoms with Gasteiger partial charge >= 0.3 is 5.97 Å². The van der Waals surface area contributed by atoms with Crippen LogP contribution in [0.4, 0.5) is 0 Å². The Morgan fingerprint density at radius 2 is 1.79 bits per heavy atom. The summed E-state index contributed by atoms with van der Waals surface area (Å²) in [7, 11) is 0. The maximum atomic E-state index is 12.5. The Morgan fingerprint density at radius 3 is 2.41 bits per heavy atom. The molecule has 4 rings (SSSR count). The number of carbonyl (C=O) groups excluding carboxylic acids is 1. The summed E-state index contributed by atoms with van der Waals surface area (Å²) in [4.78, 5) is 23.7. The van der Waals surface area contributed by atoms with Crippen molar-refractivity contribution in [3.63, 3.8) is 0 Å². The first-order valence-electron chi connectivity index (χ1n) is 9.74. The monoisotopic (exact) mass is 389 g/mol. The Balaban J connectivity index is 1.33. The van der Waals surface area contributed by atoms with Crippen LogP contribution in [-0.4, -0.2) is 32.8 Å². The molecule has 1 aliphatic rings. The van der Waals surface area contributed by atoms with Gasteiger partial charge in [-0.2, -0.15) is 5.10 Å². The molecule has 1 aliphatic carbocycles. The molecular formula is C23H23N3O3. The van der Waals surface area contributed by atoms with E-state index in [9.17, 15) is 9.59 Å². The first kappa shape index (κ1) is 18.9. The standard InChI is InChI=1S/C23H23N3O3/c1-15-21(23(28)29)14-24-26(15)20-9-7-18(8-10-20)22(27)25-19-12-17(13-19)11-16-5-3-2-4-6-16/h2-10,14,17,19H,11-13H2,1H3,(H,25,27)(H,28,29). The molecule has 1 heterocycles. The molecule has 0 atom stereocenters. The van der Waals surface area contributed by atoms with Gasteiger partial charge in [0.1, 0.15) is 5.56 Å². The van der Waals surface area contributed by atoms with E-state index in [1.807, 2.05) is 6.07 Å². The van der Waals surface area contributed by atoms with Crippen LogP contribution >= 0.6 is 0 Å². The van der Waals surface area contributed by atoms with Gasteiger partial charge in [0.15, 0.2) is 0 Å². The number of hydrogen-bond donors (Lipinski definition) is 2. The molecule has 29 heavy (non-hydrogen) atoms. The largest absolute Gasteiger partial charge is 0.478 e. The Hall–Kier alpha value is -3.41. The van der Waals surface area contributed by atoms with Crippen LogP contribution in [0.2, 0.25) is 0 Å². The Kier molecular flexibility index (Phi) is 5.16. The van der Waals surface area contributed by atoms with Gasteiger partial charge in [0.05, 0.1) is 17.6 Å². The maximum Gasteiger partial charge on any atom is 0.339 e. The first-order valence-corrected chi connectivity index (χ1v) is 9.74. The zero-order valence-corrected chi connectivity index (χ0v) is 16.2. The number of hydrogen-bond acceptors (Lipinski definition) is 3. The fourth-order valence-electron chi connectivity index (χ4n) is 3.87. The predicted octanol–water partition coefficient (Wildman–Crippen LogP) is 3.63. The lowest BCUT2D eigenvalue weighted by atomic mass is 9.76. The summed E-state index contributed by atoms with van der Waals surface area (Å²) in [5.74, 6) is -0.463. The Labute approximate surface area is 169 Å². The molecule has 1 fully saturated rings. The van der Waals surface area contributed by atoms with E-state index < -0.39 is 5.97 Å². The highest BCUT2D eigenvalue weighted by atomic mass is 16.4. The average Bonchev–Trinajstić information content (AvgIpc) is 3.09. The summed E-state index contributed by atoms with van der Waals surface area (Å²) in [6.07, 6.45) is 4.40. The number of aromatic carboxylic acids is 1. The second-order valence-corrected chi connectivity index (χ2v) is 7.61. The minimum atomic E-state index is -1.00. The topological polar surface area (TPSA) is 84.2 Å². The lowest BCUT2D eigenvalue weighted by molar-refractivity contribution is 0.0695. The van der Waals surface area contributed by atoms with Crippen molar-refractivity contribution < 1.29 is 14.7 Å². The summed E-state index contributed by atoms with van der Waals surface area (Å²) >= 11 is 0. The lowest BCUT2D eigenvalue weighted by Crippen LogP contribution is -2.44. The normalized spacial score (nSPS) is 18.1. The van der Waals surface area contributed by atoms with Crippen LogP contribution in [0.15, 0.2) is 60.8 Å². The third kappa shape index (κ3) is 4.06. The first-order chi connectivity index (χ1) is 14.0. The molecule has 3 aromatic rings. The summed E-state index contributed by atoms with van der Waals surface area (Å²) in [5, 5.41) is 16.4. The molecule has 1 amide bonds. The zero-order valence-electron chi connectivity index (χ0n) is 16.2. The number of carboxylic acid groups (broad SMARTS) is 1. The smallest absolute Gasteiger partial charge is 0.339 e. The molecule has 0 saturated heterocycles. The fraction of sp³-hybridized carbons (Fsp3) is 0.261. The number of nitrogens with one attached hydrogen (secondary N) is 1. The van der Waals surface area contributed by atoms with Gasteiger partial charge in [-0.15, -0.1) is 0 Å². The third-order valence-corrected chi connectivity index (χ3v) is 5.55. The Morgan fingerprint density at radius 1 is 1.10 bits per heavy atom. The van der Waals surface area contributed by atoms with Gasteiger partial charge in [0.25, 0.3) is 5.91 Å². The molecule has 2 aromatic carbocycles. The Bertz CT molecular complexity index is 1020. The van der Waals surface area contributed by atoms with Crippen LogP contribution in [0.1, 0.15) is 44.8 Å². The van der Waals surface area contributed by atoms with E-state index in [2.05, 4.69) is 34.7 Å². The predicted molar refractivity (Wildman–Crippen MR) is 109 cm³/mol. The average molecular weight is 389 g/mol. The van der Waals surface area contributed by atoms with E-state index in [1.54, 1.807) is 35.9 Å². The van der Waals surface area contributed by atoms with Crippen molar-refractivity contribution in [1.82, 2.24) is 15.1 Å². The van der Waals surface area contributed by atoms with Crippen molar-refractivity contribution >= 4 is 11.9 Å². The van der Waals surface area contributed by atoms with Crippen molar-refractivity contribution in [2.45, 2.75) is 32.2 Å². The maximum absolute atomic E-state index is 12.5. The number of amides is 1. The van der Waals surface area contributed by atoms with Crippen molar-refractivity contribution in [2.75, 3.05) is 0 Å². The number of rotatable bonds is 6. The highest BCUT2D eigenvalue weighted by Crippen LogP contribution is 2.30. The minimum Gasteiger partial charge on any atom is -0.478 e. The van der Waals surface area contributed by atoms with Crippen molar-refractivity contribution in [3.8, 4) is 5.69 Å². The van der Waals surface area contributed by atoms with Gasteiger partial charge < -0.3 is 10.4 Å². The summed E-state index contributed by atoms with van der Waals surface area (Å²) in [6.45, 7) is 1.71. The lowest BCUT2D eigenvalue weighted by Gasteiger charge is -2.36. The zero-order chi connectivity index (χ0) is 20.4. The summed E-state index contributed by atoms with van der Waals surface area (Å²) in [6, 6.07) is 17.7. The van der Waals surface area contributed by atoms with Crippen molar-refractivity contribution in [1.29, 1.82) is 0 Å². The number of carboxylic acids is 1. The molecule has 0 bridgehead atoms. The van der Waals surface area contributed by atoms with Gasteiger partial charge in [-0.05, 0) is 61.9 Å². The second kappa shape index (κ2) is 7.91. The number of benzene rings is 2. The molecule has 0 spiro atoms. The van der Waals surface area contributed by atoms with Crippen molar-refractivity contribution in [2.24, 2.45) is 5.92 Å². The molecule has 148 valence electrons. The quantitative estimate of drug-likeness (QED) is 0.674. The number of aromatic nitrogens is 2. The molecular weight excluding hydrogens is 366 g/mol. The van der Waals surface area contributed by atoms with Crippen LogP contribution < -0.4 is 5.32 Å². The highest BCUT2D eigenvalue weighted by Gasteiger charge is 2.30. The molecule has 1 saturated carbocycles. The highest BCUT2D eigenvalue weighted by molar-refractivity contribution is 5.94. The number of nitrogens with zero attached hydrogens (tertiary/aromatic N) is 2. The number of carbonyl (C=O) groups is 2. The van der Waals surface area contributed by atoms with Gasteiger partial charge in [-0.1, -0.05) is 30.3 Å². The van der Waals surface area contributed by atoms with E-state index >= 15 is 0 Å². The molecule has 0 radical (unpaired) electrons. The van der Waals surface area contributed by atoms with Crippen LogP contribution in [0.25, 0.3) is 5.69 Å². The summed E-state index contributed by atoms with van der Waals surface area (Å²) < 4.78 is 1.56. The minimum absolute atomic E-state index is 0.0804. The molecule has 6 heteroatoms. The summed E-state index contributed by atoms with van der Waals surface area (Å²) in [5.41, 5.74) is 3.37. The van der Waals surface area contributed by atoms with E-state index in [-0.39, 0.29) is 17.5 Å². The van der Waals surface area contributed by atoms with Crippen LogP contribution in [0, 0.1) is 12.8 Å².